The number of alkyl carbamates (subject to hydrolysis) is 1. The third-order valence-electron chi connectivity index (χ3n) is 5.00. The first kappa shape index (κ1) is 20.2. The average molecular weight is 415 g/mol. The van der Waals surface area contributed by atoms with Crippen molar-refractivity contribution < 1.29 is 19.0 Å². The summed E-state index contributed by atoms with van der Waals surface area (Å²) < 4.78 is 15.6. The summed E-state index contributed by atoms with van der Waals surface area (Å²) in [7, 11) is 2.96. The number of nitrogens with zero attached hydrogens (tertiary/aromatic N) is 2. The third-order valence-corrected chi connectivity index (χ3v) is 5.00. The number of benzene rings is 2. The molecule has 0 radical (unpaired) electrons. The summed E-state index contributed by atoms with van der Waals surface area (Å²) in [4.78, 5) is 20.2. The van der Waals surface area contributed by atoms with E-state index in [-0.39, 0.29) is 25.1 Å². The number of hydrogen-bond donors (Lipinski definition) is 1. The fraction of sp³-hybridized carbons (Fsp3) is 0.208. The Morgan fingerprint density at radius 1 is 1.03 bits per heavy atom. The second kappa shape index (κ2) is 9.18. The Bertz CT molecular complexity index is 1120. The normalized spacial score (nSPS) is 11.5. The summed E-state index contributed by atoms with van der Waals surface area (Å²) in [6, 6.07) is 16.6. The highest BCUT2D eigenvalue weighted by molar-refractivity contribution is 5.79. The molecular formula is C24H21N3O4. The molecule has 0 atom stereocenters. The summed E-state index contributed by atoms with van der Waals surface area (Å²) in [5.74, 6) is 6.03. The van der Waals surface area contributed by atoms with E-state index in [1.54, 1.807) is 0 Å². The summed E-state index contributed by atoms with van der Waals surface area (Å²) in [5, 5.41) is 2.64. The minimum atomic E-state index is -0.519. The quantitative estimate of drug-likeness (QED) is 0.644. The van der Waals surface area contributed by atoms with Crippen LogP contribution in [-0.2, 0) is 4.74 Å². The van der Waals surface area contributed by atoms with E-state index in [2.05, 4.69) is 51.4 Å². The van der Waals surface area contributed by atoms with Crippen LogP contribution >= 0.6 is 0 Å². The first-order valence-electron chi connectivity index (χ1n) is 9.74. The Labute approximate surface area is 180 Å². The number of rotatable bonds is 5. The molecule has 7 nitrogen and oxygen atoms in total. The van der Waals surface area contributed by atoms with Crippen LogP contribution in [0.4, 0.5) is 4.79 Å². The molecule has 1 aliphatic rings. The van der Waals surface area contributed by atoms with Crippen molar-refractivity contribution in [3.63, 3.8) is 0 Å². The molecule has 0 bridgehead atoms. The Morgan fingerprint density at radius 3 is 2.35 bits per heavy atom. The molecule has 4 rings (SSSR count). The predicted molar refractivity (Wildman–Crippen MR) is 115 cm³/mol. The molecule has 1 amide bonds. The second-order valence-corrected chi connectivity index (χ2v) is 6.76. The van der Waals surface area contributed by atoms with Gasteiger partial charge in [0.1, 0.15) is 12.2 Å². The van der Waals surface area contributed by atoms with Crippen molar-refractivity contribution in [3.8, 4) is 34.9 Å². The van der Waals surface area contributed by atoms with Crippen LogP contribution in [0, 0.1) is 11.8 Å². The molecule has 0 spiro atoms. The van der Waals surface area contributed by atoms with E-state index in [9.17, 15) is 4.79 Å². The van der Waals surface area contributed by atoms with Crippen molar-refractivity contribution >= 4 is 6.09 Å². The Morgan fingerprint density at radius 2 is 1.71 bits per heavy atom. The first-order chi connectivity index (χ1) is 15.2. The number of nitrogens with one attached hydrogen (secondary N) is 1. The Kier molecular flexibility index (Phi) is 5.99. The fourth-order valence-corrected chi connectivity index (χ4v) is 3.60. The summed E-state index contributed by atoms with van der Waals surface area (Å²) >= 11 is 0. The van der Waals surface area contributed by atoms with Gasteiger partial charge in [-0.1, -0.05) is 60.4 Å². The fourth-order valence-electron chi connectivity index (χ4n) is 3.60. The minimum absolute atomic E-state index is 0.0185. The largest absolute Gasteiger partial charge is 0.480 e. The van der Waals surface area contributed by atoms with E-state index in [1.807, 2.05) is 24.3 Å². The zero-order valence-electron chi connectivity index (χ0n) is 17.2. The van der Waals surface area contributed by atoms with Gasteiger partial charge >= 0.3 is 12.1 Å². The number of hydrogen-bond acceptors (Lipinski definition) is 6. The standard InChI is InChI=1S/C24H21N3O4/c1-29-22-16(14-26-23(27-22)30-2)8-7-13-25-24(28)31-15-21-19-11-5-3-9-17(19)18-10-4-6-12-20(18)21/h3-6,9-12,14,21H,13,15H2,1-2H3,(H,25,28). The highest BCUT2D eigenvalue weighted by Gasteiger charge is 2.28. The van der Waals surface area contributed by atoms with Crippen molar-refractivity contribution in [2.75, 3.05) is 27.4 Å². The zero-order valence-corrected chi connectivity index (χ0v) is 17.2. The molecule has 0 saturated heterocycles. The average Bonchev–Trinajstić information content (AvgIpc) is 3.14. The number of ether oxygens (including phenoxy) is 3. The molecule has 1 aromatic heterocycles. The molecule has 156 valence electrons. The smallest absolute Gasteiger partial charge is 0.407 e. The SMILES string of the molecule is COc1ncc(C#CCNC(=O)OCC2c3ccccc3-c3ccccc32)c(OC)n1. The third kappa shape index (κ3) is 4.28. The predicted octanol–water partition coefficient (Wildman–Crippen LogP) is 3.38. The lowest BCUT2D eigenvalue weighted by atomic mass is 9.98. The molecular weight excluding hydrogens is 394 g/mol. The zero-order chi connectivity index (χ0) is 21.6. The number of amides is 1. The van der Waals surface area contributed by atoms with Crippen LogP contribution in [0.2, 0.25) is 0 Å². The lowest BCUT2D eigenvalue weighted by Crippen LogP contribution is -2.26. The van der Waals surface area contributed by atoms with Crippen molar-refractivity contribution in [2.45, 2.75) is 5.92 Å². The first-order valence-corrected chi connectivity index (χ1v) is 9.74. The van der Waals surface area contributed by atoms with Gasteiger partial charge in [0.2, 0.25) is 5.88 Å². The van der Waals surface area contributed by atoms with E-state index in [4.69, 9.17) is 14.2 Å². The molecule has 7 heteroatoms. The number of carbonyl (C=O) groups excluding carboxylic acids is 1. The topological polar surface area (TPSA) is 82.6 Å². The highest BCUT2D eigenvalue weighted by Crippen LogP contribution is 2.44. The van der Waals surface area contributed by atoms with Crippen molar-refractivity contribution in [1.82, 2.24) is 15.3 Å². The summed E-state index contributed by atoms with van der Waals surface area (Å²) in [6.45, 7) is 0.374. The summed E-state index contributed by atoms with van der Waals surface area (Å²) in [6.07, 6.45) is 0.986. The minimum Gasteiger partial charge on any atom is -0.480 e. The molecule has 2 aromatic carbocycles. The van der Waals surface area contributed by atoms with Gasteiger partial charge in [-0.3, -0.25) is 0 Å². The number of carbonyl (C=O) groups is 1. The van der Waals surface area contributed by atoms with E-state index < -0.39 is 6.09 Å². The van der Waals surface area contributed by atoms with E-state index in [1.165, 1.54) is 42.7 Å². The van der Waals surface area contributed by atoms with Crippen LogP contribution in [0.1, 0.15) is 22.6 Å². The van der Waals surface area contributed by atoms with Gasteiger partial charge in [-0.15, -0.1) is 0 Å². The molecule has 1 N–H and O–H groups in total. The molecule has 1 aliphatic carbocycles. The molecule has 0 aliphatic heterocycles. The highest BCUT2D eigenvalue weighted by atomic mass is 16.5. The summed E-state index contributed by atoms with van der Waals surface area (Å²) in [5.41, 5.74) is 5.21. The maximum Gasteiger partial charge on any atom is 0.407 e. The van der Waals surface area contributed by atoms with E-state index in [0.29, 0.717) is 11.4 Å². The van der Waals surface area contributed by atoms with Gasteiger partial charge < -0.3 is 19.5 Å². The van der Waals surface area contributed by atoms with E-state index >= 15 is 0 Å². The van der Waals surface area contributed by atoms with Crippen molar-refractivity contribution in [3.05, 3.63) is 71.4 Å². The van der Waals surface area contributed by atoms with Gasteiger partial charge in [0.25, 0.3) is 0 Å². The lowest BCUT2D eigenvalue weighted by molar-refractivity contribution is 0.144. The van der Waals surface area contributed by atoms with Crippen molar-refractivity contribution in [1.29, 1.82) is 0 Å². The van der Waals surface area contributed by atoms with Gasteiger partial charge in [-0.2, -0.15) is 4.98 Å². The van der Waals surface area contributed by atoms with Crippen LogP contribution in [0.5, 0.6) is 11.9 Å². The number of methoxy groups -OCH3 is 2. The van der Waals surface area contributed by atoms with Crippen LogP contribution in [-0.4, -0.2) is 43.4 Å². The monoisotopic (exact) mass is 415 g/mol. The molecule has 1 heterocycles. The molecule has 0 saturated carbocycles. The van der Waals surface area contributed by atoms with E-state index in [0.717, 1.165) is 0 Å². The van der Waals surface area contributed by atoms with Gasteiger partial charge in [-0.25, -0.2) is 9.78 Å². The van der Waals surface area contributed by atoms with Crippen LogP contribution in [0.15, 0.2) is 54.7 Å². The lowest BCUT2D eigenvalue weighted by Gasteiger charge is -2.14. The molecule has 3 aromatic rings. The number of aromatic nitrogens is 2. The van der Waals surface area contributed by atoms with Crippen LogP contribution in [0.25, 0.3) is 11.1 Å². The van der Waals surface area contributed by atoms with Gasteiger partial charge in [-0.05, 0) is 22.3 Å². The maximum atomic E-state index is 12.2. The molecule has 0 fully saturated rings. The molecule has 0 unspecified atom stereocenters. The van der Waals surface area contributed by atoms with Crippen LogP contribution < -0.4 is 14.8 Å². The van der Waals surface area contributed by atoms with Crippen molar-refractivity contribution in [2.24, 2.45) is 0 Å². The van der Waals surface area contributed by atoms with Crippen LogP contribution in [0.3, 0.4) is 0 Å². The van der Waals surface area contributed by atoms with Gasteiger partial charge in [0.05, 0.1) is 27.0 Å². The van der Waals surface area contributed by atoms with Gasteiger partial charge in [0, 0.05) is 5.92 Å². The second-order valence-electron chi connectivity index (χ2n) is 6.76. The maximum absolute atomic E-state index is 12.2. The Balaban J connectivity index is 1.35. The Hall–Kier alpha value is -4.05. The number of fused-ring (bicyclic) bond motifs is 3. The molecule has 31 heavy (non-hydrogen) atoms. The van der Waals surface area contributed by atoms with Gasteiger partial charge in [0.15, 0.2) is 0 Å².